The van der Waals surface area contributed by atoms with Crippen molar-refractivity contribution in [3.8, 4) is 6.07 Å². The van der Waals surface area contributed by atoms with Crippen LogP contribution in [0.2, 0.25) is 0 Å². The monoisotopic (exact) mass is 399 g/mol. The van der Waals surface area contributed by atoms with Crippen molar-refractivity contribution in [1.29, 1.82) is 5.26 Å². The average Bonchev–Trinajstić information content (AvgIpc) is 2.66. The fraction of sp³-hybridized carbons (Fsp3) is 0.450. The first-order valence-corrected chi connectivity index (χ1v) is 10.8. The highest BCUT2D eigenvalue weighted by Gasteiger charge is 2.25. The second-order valence-electron chi connectivity index (χ2n) is 7.35. The molecule has 3 rings (SSSR count). The number of nitriles is 1. The molecular weight excluding hydrogens is 374 g/mol. The van der Waals surface area contributed by atoms with E-state index in [1.807, 2.05) is 37.8 Å². The first kappa shape index (κ1) is 20.2. The second-order valence-corrected chi connectivity index (χ2v) is 9.05. The molecule has 1 aromatic carbocycles. The second kappa shape index (κ2) is 8.25. The number of rotatable bonds is 5. The maximum absolute atomic E-state index is 12.8. The Morgan fingerprint density at radius 2 is 1.75 bits per heavy atom. The summed E-state index contributed by atoms with van der Waals surface area (Å²) in [6.45, 7) is 7.49. The lowest BCUT2D eigenvalue weighted by Gasteiger charge is -2.33. The van der Waals surface area contributed by atoms with Crippen LogP contribution in [0.5, 0.6) is 0 Å². The molecule has 1 N–H and O–H groups in total. The maximum atomic E-state index is 12.8. The van der Waals surface area contributed by atoms with Crippen molar-refractivity contribution in [2.24, 2.45) is 5.92 Å². The number of nitrogens with zero attached hydrogens (tertiary/aromatic N) is 4. The van der Waals surface area contributed by atoms with E-state index in [-0.39, 0.29) is 5.92 Å². The van der Waals surface area contributed by atoms with Crippen LogP contribution in [0.3, 0.4) is 0 Å². The minimum Gasteiger partial charge on any atom is -0.354 e. The van der Waals surface area contributed by atoms with Crippen molar-refractivity contribution in [1.82, 2.24) is 14.7 Å². The molecule has 0 spiro atoms. The van der Waals surface area contributed by atoms with Gasteiger partial charge in [-0.2, -0.15) is 5.26 Å². The Morgan fingerprint density at radius 1 is 1.14 bits per heavy atom. The summed E-state index contributed by atoms with van der Waals surface area (Å²) < 4.78 is 28.4. The number of aryl methyl sites for hydroxylation is 3. The van der Waals surface area contributed by atoms with Crippen LogP contribution in [0, 0.1) is 38.0 Å². The average molecular weight is 400 g/mol. The van der Waals surface area contributed by atoms with Crippen LogP contribution in [-0.4, -0.2) is 38.0 Å². The van der Waals surface area contributed by atoms with Gasteiger partial charge in [0.25, 0.3) is 0 Å². The molecule has 1 saturated heterocycles. The normalized spacial score (nSPS) is 15.4. The summed E-state index contributed by atoms with van der Waals surface area (Å²) in [5, 5.41) is 9.19. The molecule has 0 radical (unpaired) electrons. The Bertz CT molecular complexity index is 982. The zero-order chi connectivity index (χ0) is 20.3. The standard InChI is InChI=1S/C20H25N5O2S/c1-14-10-15(2)19(16(3)11-14)28(26,27)24-13-17-4-8-25(9-5-17)20-18(12-21)22-6-7-23-20/h6-7,10-11,17,24H,4-5,8-9,13H2,1-3H3. The summed E-state index contributed by atoms with van der Waals surface area (Å²) >= 11 is 0. The topological polar surface area (TPSA) is 99.0 Å². The van der Waals surface area contributed by atoms with Gasteiger partial charge in [0.2, 0.25) is 10.0 Å². The molecule has 1 aliphatic rings. The highest BCUT2D eigenvalue weighted by molar-refractivity contribution is 7.89. The van der Waals surface area contributed by atoms with Gasteiger partial charge in [0.1, 0.15) is 6.07 Å². The molecule has 28 heavy (non-hydrogen) atoms. The molecule has 1 aliphatic heterocycles. The third-order valence-electron chi connectivity index (χ3n) is 5.13. The van der Waals surface area contributed by atoms with Gasteiger partial charge in [-0.1, -0.05) is 17.7 Å². The predicted octanol–water partition coefficient (Wildman–Crippen LogP) is 2.47. The summed E-state index contributed by atoms with van der Waals surface area (Å²) in [6, 6.07) is 5.87. The molecule has 0 saturated carbocycles. The summed E-state index contributed by atoms with van der Waals surface area (Å²) in [4.78, 5) is 10.8. The number of aromatic nitrogens is 2. The first-order chi connectivity index (χ1) is 13.3. The van der Waals surface area contributed by atoms with Gasteiger partial charge in [-0.15, -0.1) is 0 Å². The molecule has 2 aromatic rings. The van der Waals surface area contributed by atoms with Crippen molar-refractivity contribution in [3.05, 3.63) is 46.9 Å². The number of anilines is 1. The van der Waals surface area contributed by atoms with Crippen LogP contribution in [0.4, 0.5) is 5.82 Å². The quantitative estimate of drug-likeness (QED) is 0.829. The minimum atomic E-state index is -3.54. The van der Waals surface area contributed by atoms with Gasteiger partial charge in [0.05, 0.1) is 4.90 Å². The summed E-state index contributed by atoms with van der Waals surface area (Å²) in [7, 11) is -3.54. The van der Waals surface area contributed by atoms with E-state index in [9.17, 15) is 13.7 Å². The van der Waals surface area contributed by atoms with Gasteiger partial charge in [0, 0.05) is 32.0 Å². The van der Waals surface area contributed by atoms with E-state index < -0.39 is 10.0 Å². The van der Waals surface area contributed by atoms with Crippen molar-refractivity contribution >= 4 is 15.8 Å². The molecule has 148 valence electrons. The van der Waals surface area contributed by atoms with Gasteiger partial charge in [0.15, 0.2) is 11.5 Å². The third kappa shape index (κ3) is 4.32. The Morgan fingerprint density at radius 3 is 2.36 bits per heavy atom. The molecule has 0 aliphatic carbocycles. The van der Waals surface area contributed by atoms with Crippen molar-refractivity contribution in [2.75, 3.05) is 24.5 Å². The van der Waals surface area contributed by atoms with E-state index in [4.69, 9.17) is 0 Å². The van der Waals surface area contributed by atoms with Crippen LogP contribution < -0.4 is 9.62 Å². The lowest BCUT2D eigenvalue weighted by Crippen LogP contribution is -2.39. The molecular formula is C20H25N5O2S. The Kier molecular flexibility index (Phi) is 5.96. The maximum Gasteiger partial charge on any atom is 0.241 e. The summed E-state index contributed by atoms with van der Waals surface area (Å²) in [5.74, 6) is 0.856. The third-order valence-corrected chi connectivity index (χ3v) is 6.86. The molecule has 2 heterocycles. The number of hydrogen-bond acceptors (Lipinski definition) is 6. The molecule has 0 atom stereocenters. The van der Waals surface area contributed by atoms with E-state index in [2.05, 4.69) is 20.8 Å². The fourth-order valence-corrected chi connectivity index (χ4v) is 5.45. The molecule has 7 nitrogen and oxygen atoms in total. The van der Waals surface area contributed by atoms with E-state index in [0.717, 1.165) is 42.6 Å². The molecule has 1 aromatic heterocycles. The molecule has 0 amide bonds. The van der Waals surface area contributed by atoms with Crippen LogP contribution in [0.1, 0.15) is 35.2 Å². The SMILES string of the molecule is Cc1cc(C)c(S(=O)(=O)NCC2CCN(c3nccnc3C#N)CC2)c(C)c1. The summed E-state index contributed by atoms with van der Waals surface area (Å²) in [6.07, 6.45) is 4.76. The molecule has 8 heteroatoms. The Hall–Kier alpha value is -2.50. The molecule has 0 unspecified atom stereocenters. The number of hydrogen-bond donors (Lipinski definition) is 1. The fourth-order valence-electron chi connectivity index (χ4n) is 3.88. The van der Waals surface area contributed by atoms with Crippen molar-refractivity contribution in [2.45, 2.75) is 38.5 Å². The summed E-state index contributed by atoms with van der Waals surface area (Å²) in [5.41, 5.74) is 2.92. The van der Waals surface area contributed by atoms with Gasteiger partial charge >= 0.3 is 0 Å². The van der Waals surface area contributed by atoms with Crippen LogP contribution in [-0.2, 0) is 10.0 Å². The van der Waals surface area contributed by atoms with E-state index in [1.165, 1.54) is 6.20 Å². The van der Waals surface area contributed by atoms with E-state index >= 15 is 0 Å². The highest BCUT2D eigenvalue weighted by atomic mass is 32.2. The highest BCUT2D eigenvalue weighted by Crippen LogP contribution is 2.25. The van der Waals surface area contributed by atoms with E-state index in [0.29, 0.717) is 23.0 Å². The molecule has 1 fully saturated rings. The number of piperidine rings is 1. The van der Waals surface area contributed by atoms with Crippen LogP contribution in [0.15, 0.2) is 29.4 Å². The first-order valence-electron chi connectivity index (χ1n) is 9.35. The largest absolute Gasteiger partial charge is 0.354 e. The zero-order valence-corrected chi connectivity index (χ0v) is 17.3. The van der Waals surface area contributed by atoms with Gasteiger partial charge in [-0.05, 0) is 50.7 Å². The van der Waals surface area contributed by atoms with Gasteiger partial charge < -0.3 is 4.90 Å². The zero-order valence-electron chi connectivity index (χ0n) is 16.4. The van der Waals surface area contributed by atoms with Crippen molar-refractivity contribution in [3.63, 3.8) is 0 Å². The minimum absolute atomic E-state index is 0.249. The number of benzene rings is 1. The predicted molar refractivity (Wildman–Crippen MR) is 108 cm³/mol. The van der Waals surface area contributed by atoms with Gasteiger partial charge in [-0.25, -0.2) is 23.1 Å². The van der Waals surface area contributed by atoms with Crippen LogP contribution >= 0.6 is 0 Å². The smallest absolute Gasteiger partial charge is 0.241 e. The number of sulfonamides is 1. The van der Waals surface area contributed by atoms with E-state index in [1.54, 1.807) is 6.20 Å². The number of nitrogens with one attached hydrogen (secondary N) is 1. The molecule has 0 bridgehead atoms. The lowest BCUT2D eigenvalue weighted by molar-refractivity contribution is 0.400. The Balaban J connectivity index is 1.62. The van der Waals surface area contributed by atoms with Crippen LogP contribution in [0.25, 0.3) is 0 Å². The lowest BCUT2D eigenvalue weighted by atomic mass is 9.97. The van der Waals surface area contributed by atoms with Gasteiger partial charge in [-0.3, -0.25) is 0 Å². The van der Waals surface area contributed by atoms with Crippen molar-refractivity contribution < 1.29 is 8.42 Å². The Labute approximate surface area is 166 Å².